The van der Waals surface area contributed by atoms with Crippen molar-refractivity contribution >= 4 is 22.4 Å². The number of hydrogen-bond donors (Lipinski definition) is 1. The minimum Gasteiger partial charge on any atom is -0.298 e. The predicted molar refractivity (Wildman–Crippen MR) is 73.9 cm³/mol. The number of thiazole rings is 1. The van der Waals surface area contributed by atoms with Gasteiger partial charge in [-0.2, -0.15) is 4.68 Å². The zero-order chi connectivity index (χ0) is 14.8. The van der Waals surface area contributed by atoms with Crippen LogP contribution in [0.15, 0.2) is 29.9 Å². The number of carbonyl (C=O) groups excluding carboxylic acids is 1. The standard InChI is InChI=1S/C12H9FN6OS/c1-7-5-21-12(15-7)16-11(20)9-4-8(13)2-3-10(9)19-6-14-17-18-19/h2-6H,1H3,(H,15,16,20). The van der Waals surface area contributed by atoms with Crippen LogP contribution in [-0.2, 0) is 0 Å². The molecule has 2 aromatic heterocycles. The molecule has 0 fully saturated rings. The summed E-state index contributed by atoms with van der Waals surface area (Å²) in [5.41, 5.74) is 1.30. The summed E-state index contributed by atoms with van der Waals surface area (Å²) >= 11 is 1.30. The molecular formula is C12H9FN6OS. The van der Waals surface area contributed by atoms with Crippen LogP contribution in [0.3, 0.4) is 0 Å². The van der Waals surface area contributed by atoms with Gasteiger partial charge in [0.15, 0.2) is 5.13 Å². The van der Waals surface area contributed by atoms with Crippen LogP contribution in [0.4, 0.5) is 9.52 Å². The molecule has 0 saturated heterocycles. The molecule has 2 heterocycles. The summed E-state index contributed by atoms with van der Waals surface area (Å²) in [6.07, 6.45) is 1.33. The molecule has 106 valence electrons. The zero-order valence-electron chi connectivity index (χ0n) is 10.8. The maximum absolute atomic E-state index is 13.4. The molecule has 1 N–H and O–H groups in total. The van der Waals surface area contributed by atoms with E-state index in [-0.39, 0.29) is 5.56 Å². The predicted octanol–water partition coefficient (Wildman–Crippen LogP) is 1.82. The van der Waals surface area contributed by atoms with Gasteiger partial charge in [0.05, 0.1) is 16.9 Å². The molecule has 21 heavy (non-hydrogen) atoms. The number of nitrogens with one attached hydrogen (secondary N) is 1. The molecule has 0 bridgehead atoms. The second-order valence-corrected chi connectivity index (χ2v) is 5.02. The monoisotopic (exact) mass is 304 g/mol. The van der Waals surface area contributed by atoms with Crippen LogP contribution in [0.2, 0.25) is 0 Å². The van der Waals surface area contributed by atoms with E-state index in [9.17, 15) is 9.18 Å². The molecule has 0 aliphatic carbocycles. The van der Waals surface area contributed by atoms with Crippen molar-refractivity contribution in [3.63, 3.8) is 0 Å². The summed E-state index contributed by atoms with van der Waals surface area (Å²) in [5.74, 6) is -0.998. The fraction of sp³-hybridized carbons (Fsp3) is 0.0833. The van der Waals surface area contributed by atoms with E-state index in [2.05, 4.69) is 25.8 Å². The van der Waals surface area contributed by atoms with Crippen molar-refractivity contribution in [1.29, 1.82) is 0 Å². The van der Waals surface area contributed by atoms with Gasteiger partial charge in [-0.15, -0.1) is 16.4 Å². The largest absolute Gasteiger partial charge is 0.298 e. The van der Waals surface area contributed by atoms with Gasteiger partial charge in [0.25, 0.3) is 5.91 Å². The third-order valence-corrected chi connectivity index (χ3v) is 3.51. The molecule has 0 spiro atoms. The van der Waals surface area contributed by atoms with Crippen LogP contribution in [0, 0.1) is 12.7 Å². The van der Waals surface area contributed by atoms with E-state index in [1.807, 2.05) is 12.3 Å². The fourth-order valence-electron chi connectivity index (χ4n) is 1.74. The normalized spacial score (nSPS) is 10.6. The summed E-state index contributed by atoms with van der Waals surface area (Å²) in [6, 6.07) is 3.81. The second-order valence-electron chi connectivity index (χ2n) is 4.16. The molecule has 3 aromatic rings. The molecule has 0 unspecified atom stereocenters. The van der Waals surface area contributed by atoms with Crippen molar-refractivity contribution in [3.8, 4) is 5.69 Å². The molecule has 9 heteroatoms. The number of benzene rings is 1. The van der Waals surface area contributed by atoms with Crippen LogP contribution in [0.5, 0.6) is 0 Å². The molecule has 1 aromatic carbocycles. The Kier molecular flexibility index (Phi) is 3.40. The zero-order valence-corrected chi connectivity index (χ0v) is 11.6. The Bertz CT molecular complexity index is 785. The molecular weight excluding hydrogens is 295 g/mol. The summed E-state index contributed by atoms with van der Waals surface area (Å²) in [7, 11) is 0. The van der Waals surface area contributed by atoms with E-state index >= 15 is 0 Å². The molecule has 0 saturated carbocycles. The van der Waals surface area contributed by atoms with Gasteiger partial charge in [0.2, 0.25) is 0 Å². The lowest BCUT2D eigenvalue weighted by molar-refractivity contribution is 0.102. The first-order valence-corrected chi connectivity index (χ1v) is 6.78. The Morgan fingerprint density at radius 2 is 2.29 bits per heavy atom. The number of carbonyl (C=O) groups is 1. The van der Waals surface area contributed by atoms with Gasteiger partial charge < -0.3 is 0 Å². The number of aryl methyl sites for hydroxylation is 1. The highest BCUT2D eigenvalue weighted by atomic mass is 32.1. The molecule has 1 amide bonds. The Labute approximate surface area is 122 Å². The van der Waals surface area contributed by atoms with Gasteiger partial charge in [0, 0.05) is 5.38 Å². The minimum absolute atomic E-state index is 0.121. The second kappa shape index (κ2) is 5.37. The number of nitrogens with zero attached hydrogens (tertiary/aromatic N) is 5. The Balaban J connectivity index is 1.97. The average molecular weight is 304 g/mol. The van der Waals surface area contributed by atoms with E-state index in [1.54, 1.807) is 0 Å². The molecule has 0 aliphatic rings. The number of aromatic nitrogens is 5. The van der Waals surface area contributed by atoms with Crippen molar-refractivity contribution in [1.82, 2.24) is 25.2 Å². The number of amides is 1. The van der Waals surface area contributed by atoms with Crippen molar-refractivity contribution in [2.24, 2.45) is 0 Å². The average Bonchev–Trinajstić information content (AvgIpc) is 3.10. The van der Waals surface area contributed by atoms with Gasteiger partial charge in [-0.25, -0.2) is 9.37 Å². The SMILES string of the molecule is Cc1csc(NC(=O)c2cc(F)ccc2-n2cnnn2)n1. The highest BCUT2D eigenvalue weighted by Gasteiger charge is 2.16. The Morgan fingerprint density at radius 3 is 2.95 bits per heavy atom. The highest BCUT2D eigenvalue weighted by molar-refractivity contribution is 7.13. The van der Waals surface area contributed by atoms with Crippen molar-refractivity contribution < 1.29 is 9.18 Å². The molecule has 0 atom stereocenters. The molecule has 7 nitrogen and oxygen atoms in total. The van der Waals surface area contributed by atoms with Crippen molar-refractivity contribution in [2.45, 2.75) is 6.92 Å². The number of hydrogen-bond acceptors (Lipinski definition) is 6. The number of tetrazole rings is 1. The molecule has 0 radical (unpaired) electrons. The Hall–Kier alpha value is -2.68. The van der Waals surface area contributed by atoms with E-state index in [4.69, 9.17) is 0 Å². The summed E-state index contributed by atoms with van der Waals surface area (Å²) < 4.78 is 14.7. The van der Waals surface area contributed by atoms with E-state index in [1.165, 1.54) is 34.5 Å². The van der Waals surface area contributed by atoms with Crippen LogP contribution in [0.25, 0.3) is 5.69 Å². The van der Waals surface area contributed by atoms with Crippen molar-refractivity contribution in [3.05, 3.63) is 47.0 Å². The van der Waals surface area contributed by atoms with Crippen LogP contribution < -0.4 is 5.32 Å². The third kappa shape index (κ3) is 2.77. The summed E-state index contributed by atoms with van der Waals surface area (Å²) in [5, 5.41) is 15.6. The van der Waals surface area contributed by atoms with Crippen LogP contribution in [0.1, 0.15) is 16.1 Å². The third-order valence-electron chi connectivity index (χ3n) is 2.64. The van der Waals surface area contributed by atoms with E-state index in [0.29, 0.717) is 10.8 Å². The smallest absolute Gasteiger partial charge is 0.259 e. The van der Waals surface area contributed by atoms with Gasteiger partial charge in [-0.3, -0.25) is 10.1 Å². The van der Waals surface area contributed by atoms with Gasteiger partial charge >= 0.3 is 0 Å². The van der Waals surface area contributed by atoms with E-state index in [0.717, 1.165) is 11.8 Å². The first kappa shape index (κ1) is 13.3. The van der Waals surface area contributed by atoms with E-state index < -0.39 is 11.7 Å². The van der Waals surface area contributed by atoms with Crippen LogP contribution in [-0.4, -0.2) is 31.1 Å². The minimum atomic E-state index is -0.521. The number of anilines is 1. The Morgan fingerprint density at radius 1 is 1.43 bits per heavy atom. The number of halogens is 1. The fourth-order valence-corrected chi connectivity index (χ4v) is 2.42. The lowest BCUT2D eigenvalue weighted by Gasteiger charge is -2.08. The highest BCUT2D eigenvalue weighted by Crippen LogP contribution is 2.19. The summed E-state index contributed by atoms with van der Waals surface area (Å²) in [4.78, 5) is 16.4. The maximum atomic E-state index is 13.4. The molecule has 3 rings (SSSR count). The lowest BCUT2D eigenvalue weighted by Crippen LogP contribution is -2.15. The lowest BCUT2D eigenvalue weighted by atomic mass is 10.1. The molecule has 0 aliphatic heterocycles. The quantitative estimate of drug-likeness (QED) is 0.797. The van der Waals surface area contributed by atoms with Crippen molar-refractivity contribution in [2.75, 3.05) is 5.32 Å². The first-order chi connectivity index (χ1) is 10.1. The maximum Gasteiger partial charge on any atom is 0.259 e. The number of rotatable bonds is 3. The van der Waals surface area contributed by atoms with Gasteiger partial charge in [0.1, 0.15) is 12.1 Å². The first-order valence-electron chi connectivity index (χ1n) is 5.90. The van der Waals surface area contributed by atoms with Gasteiger partial charge in [-0.05, 0) is 35.5 Å². The van der Waals surface area contributed by atoms with Gasteiger partial charge in [-0.1, -0.05) is 0 Å². The summed E-state index contributed by atoms with van der Waals surface area (Å²) in [6.45, 7) is 1.82. The van der Waals surface area contributed by atoms with Crippen LogP contribution >= 0.6 is 11.3 Å². The topological polar surface area (TPSA) is 85.6 Å².